The van der Waals surface area contributed by atoms with Crippen LogP contribution in [0.25, 0.3) is 10.2 Å². The smallest absolute Gasteiger partial charge is 0.294 e. The fourth-order valence-corrected chi connectivity index (χ4v) is 5.57. The van der Waals surface area contributed by atoms with E-state index < -0.39 is 10.0 Å². The molecular formula is C15H16N2O3S3. The molecule has 0 saturated heterocycles. The molecule has 2 aromatic heterocycles. The standard InChI is InChI=1S/C15H16N2O3S3/c1-3-17-14-11(20-4-2)7-5-8-12(14)22-15(17)16-23(18,19)13-9-6-10-21-13/h5-10H,3-4H2,1-2H3/b16-15-. The van der Waals surface area contributed by atoms with Crippen LogP contribution in [-0.4, -0.2) is 19.6 Å². The summed E-state index contributed by atoms with van der Waals surface area (Å²) < 4.78 is 37.7. The lowest BCUT2D eigenvalue weighted by Crippen LogP contribution is -2.16. The molecule has 0 N–H and O–H groups in total. The zero-order valence-electron chi connectivity index (χ0n) is 12.7. The first-order valence-corrected chi connectivity index (χ1v) is 10.3. The second-order valence-electron chi connectivity index (χ2n) is 4.66. The number of rotatable bonds is 5. The number of thiophene rings is 1. The van der Waals surface area contributed by atoms with Gasteiger partial charge in [0, 0.05) is 6.54 Å². The molecule has 2 heterocycles. The summed E-state index contributed by atoms with van der Waals surface area (Å²) in [6.07, 6.45) is 0. The van der Waals surface area contributed by atoms with E-state index in [0.29, 0.717) is 18.0 Å². The Kier molecular flexibility index (Phi) is 4.56. The Morgan fingerprint density at radius 1 is 1.22 bits per heavy atom. The molecule has 0 fully saturated rings. The number of fused-ring (bicyclic) bond motifs is 1. The minimum atomic E-state index is -3.68. The second-order valence-corrected chi connectivity index (χ2v) is 8.45. The molecule has 0 atom stereocenters. The van der Waals surface area contributed by atoms with Gasteiger partial charge < -0.3 is 9.30 Å². The van der Waals surface area contributed by atoms with Gasteiger partial charge in [0.05, 0.1) is 11.3 Å². The van der Waals surface area contributed by atoms with E-state index in [1.54, 1.807) is 17.5 Å². The lowest BCUT2D eigenvalue weighted by molar-refractivity contribution is 0.342. The molecule has 0 aliphatic heterocycles. The quantitative estimate of drug-likeness (QED) is 0.693. The minimum absolute atomic E-state index is 0.252. The normalized spacial score (nSPS) is 12.9. The Bertz CT molecular complexity index is 983. The van der Waals surface area contributed by atoms with Crippen molar-refractivity contribution in [2.45, 2.75) is 24.6 Å². The molecule has 0 bridgehead atoms. The minimum Gasteiger partial charge on any atom is -0.492 e. The van der Waals surface area contributed by atoms with Crippen molar-refractivity contribution in [3.8, 4) is 5.75 Å². The SMILES string of the molecule is CCOc1cccc2s/c(=N\S(=O)(=O)c3cccs3)n(CC)c12. The van der Waals surface area contributed by atoms with Crippen molar-refractivity contribution in [1.82, 2.24) is 4.57 Å². The maximum Gasteiger partial charge on any atom is 0.294 e. The molecule has 0 amide bonds. The molecule has 0 radical (unpaired) electrons. The van der Waals surface area contributed by atoms with Gasteiger partial charge in [-0.05, 0) is 37.4 Å². The van der Waals surface area contributed by atoms with E-state index in [2.05, 4.69) is 4.40 Å². The molecular weight excluding hydrogens is 352 g/mol. The molecule has 8 heteroatoms. The summed E-state index contributed by atoms with van der Waals surface area (Å²) >= 11 is 2.52. The molecule has 5 nitrogen and oxygen atoms in total. The molecule has 0 unspecified atom stereocenters. The summed E-state index contributed by atoms with van der Waals surface area (Å²) in [6.45, 7) is 5.06. The number of sulfonamides is 1. The number of hydrogen-bond donors (Lipinski definition) is 0. The zero-order chi connectivity index (χ0) is 16.4. The largest absolute Gasteiger partial charge is 0.492 e. The Morgan fingerprint density at radius 3 is 2.70 bits per heavy atom. The van der Waals surface area contributed by atoms with Gasteiger partial charge in [-0.15, -0.1) is 15.7 Å². The number of thiazole rings is 1. The fourth-order valence-electron chi connectivity index (χ4n) is 2.29. The molecule has 23 heavy (non-hydrogen) atoms. The van der Waals surface area contributed by atoms with Gasteiger partial charge in [-0.3, -0.25) is 0 Å². The van der Waals surface area contributed by atoms with Gasteiger partial charge in [0.2, 0.25) is 4.80 Å². The summed E-state index contributed by atoms with van der Waals surface area (Å²) in [5, 5.41) is 1.73. The Balaban J connectivity index is 2.27. The van der Waals surface area contributed by atoms with E-state index in [-0.39, 0.29) is 4.21 Å². The van der Waals surface area contributed by atoms with Crippen molar-refractivity contribution in [3.63, 3.8) is 0 Å². The molecule has 3 rings (SSSR count). The summed E-state index contributed by atoms with van der Waals surface area (Å²) in [6, 6.07) is 9.02. The van der Waals surface area contributed by atoms with Crippen molar-refractivity contribution >= 4 is 42.9 Å². The van der Waals surface area contributed by atoms with E-state index in [0.717, 1.165) is 16.0 Å². The Hall–Kier alpha value is -1.64. The van der Waals surface area contributed by atoms with Crippen molar-refractivity contribution < 1.29 is 13.2 Å². The van der Waals surface area contributed by atoms with Gasteiger partial charge in [0.15, 0.2) is 0 Å². The van der Waals surface area contributed by atoms with Gasteiger partial charge in [0.1, 0.15) is 15.5 Å². The zero-order valence-corrected chi connectivity index (χ0v) is 15.2. The van der Waals surface area contributed by atoms with Gasteiger partial charge in [0.25, 0.3) is 10.0 Å². The lowest BCUT2D eigenvalue weighted by atomic mass is 10.3. The third-order valence-corrected chi connectivity index (χ3v) is 7.03. The summed E-state index contributed by atoms with van der Waals surface area (Å²) in [4.78, 5) is 0.461. The van der Waals surface area contributed by atoms with Gasteiger partial charge in [-0.25, -0.2) is 0 Å². The topological polar surface area (TPSA) is 60.7 Å². The predicted molar refractivity (Wildman–Crippen MR) is 93.7 cm³/mol. The highest BCUT2D eigenvalue weighted by molar-refractivity contribution is 7.92. The molecule has 3 aromatic rings. The number of aromatic nitrogens is 1. The van der Waals surface area contributed by atoms with Crippen LogP contribution in [0.5, 0.6) is 5.75 Å². The summed E-state index contributed by atoms with van der Waals surface area (Å²) in [5.41, 5.74) is 0.891. The number of nitrogens with zero attached hydrogens (tertiary/aromatic N) is 2. The van der Waals surface area contributed by atoms with Crippen molar-refractivity contribution in [1.29, 1.82) is 0 Å². The van der Waals surface area contributed by atoms with Gasteiger partial charge in [-0.2, -0.15) is 8.42 Å². The number of benzene rings is 1. The van der Waals surface area contributed by atoms with E-state index in [1.807, 2.05) is 36.6 Å². The number of hydrogen-bond acceptors (Lipinski definition) is 5. The van der Waals surface area contributed by atoms with E-state index in [9.17, 15) is 8.42 Å². The highest BCUT2D eigenvalue weighted by Gasteiger charge is 2.16. The van der Waals surface area contributed by atoms with Crippen molar-refractivity contribution in [3.05, 3.63) is 40.5 Å². The van der Waals surface area contributed by atoms with Gasteiger partial charge in [-0.1, -0.05) is 23.5 Å². The maximum absolute atomic E-state index is 12.4. The fraction of sp³-hybridized carbons (Fsp3) is 0.267. The van der Waals surface area contributed by atoms with Crippen LogP contribution in [0, 0.1) is 0 Å². The highest BCUT2D eigenvalue weighted by Crippen LogP contribution is 2.28. The van der Waals surface area contributed by atoms with Crippen LogP contribution in [-0.2, 0) is 16.6 Å². The van der Waals surface area contributed by atoms with Crippen molar-refractivity contribution in [2.75, 3.05) is 6.61 Å². The first-order chi connectivity index (χ1) is 11.1. The first-order valence-electron chi connectivity index (χ1n) is 7.16. The highest BCUT2D eigenvalue weighted by atomic mass is 32.2. The Labute approximate surface area is 142 Å². The maximum atomic E-state index is 12.4. The van der Waals surface area contributed by atoms with E-state index in [4.69, 9.17) is 4.74 Å². The molecule has 0 saturated carbocycles. The Morgan fingerprint density at radius 2 is 2.04 bits per heavy atom. The summed E-state index contributed by atoms with van der Waals surface area (Å²) in [5.74, 6) is 0.748. The van der Waals surface area contributed by atoms with Crippen LogP contribution in [0.3, 0.4) is 0 Å². The van der Waals surface area contributed by atoms with Gasteiger partial charge >= 0.3 is 0 Å². The molecule has 1 aromatic carbocycles. The van der Waals surface area contributed by atoms with Crippen LogP contribution in [0.15, 0.2) is 44.3 Å². The van der Waals surface area contributed by atoms with E-state index >= 15 is 0 Å². The molecule has 0 aliphatic rings. The van der Waals surface area contributed by atoms with Crippen LogP contribution in [0.1, 0.15) is 13.8 Å². The third kappa shape index (κ3) is 3.06. The average molecular weight is 369 g/mol. The number of aryl methyl sites for hydroxylation is 1. The van der Waals surface area contributed by atoms with Crippen LogP contribution >= 0.6 is 22.7 Å². The third-order valence-electron chi connectivity index (χ3n) is 3.23. The van der Waals surface area contributed by atoms with Crippen LogP contribution in [0.4, 0.5) is 0 Å². The van der Waals surface area contributed by atoms with E-state index in [1.165, 1.54) is 22.7 Å². The average Bonchev–Trinajstić information content (AvgIpc) is 3.14. The molecule has 0 aliphatic carbocycles. The predicted octanol–water partition coefficient (Wildman–Crippen LogP) is 3.47. The second kappa shape index (κ2) is 6.46. The number of ether oxygens (including phenoxy) is 1. The summed E-state index contributed by atoms with van der Waals surface area (Å²) in [7, 11) is -3.68. The monoisotopic (exact) mass is 368 g/mol. The lowest BCUT2D eigenvalue weighted by Gasteiger charge is -2.07. The first kappa shape index (κ1) is 16.2. The molecule has 122 valence electrons. The van der Waals surface area contributed by atoms with Crippen LogP contribution < -0.4 is 9.54 Å². The van der Waals surface area contributed by atoms with Crippen LogP contribution in [0.2, 0.25) is 0 Å². The number of para-hydroxylation sites is 1. The van der Waals surface area contributed by atoms with Crippen molar-refractivity contribution in [2.24, 2.45) is 4.40 Å². The molecule has 0 spiro atoms.